The van der Waals surface area contributed by atoms with E-state index in [2.05, 4.69) is 10.3 Å². The van der Waals surface area contributed by atoms with Crippen LogP contribution in [-0.4, -0.2) is 33.9 Å². The Morgan fingerprint density at radius 1 is 1.21 bits per heavy atom. The number of fused-ring (bicyclic) bond motifs is 1. The molecule has 0 aliphatic rings. The number of hydrogen-bond donors (Lipinski definition) is 1. The van der Waals surface area contributed by atoms with E-state index in [1.165, 1.54) is 19.1 Å². The van der Waals surface area contributed by atoms with Crippen molar-refractivity contribution in [3.63, 3.8) is 0 Å². The van der Waals surface area contributed by atoms with E-state index in [0.29, 0.717) is 24.3 Å². The molecular weight excluding hydrogens is 378 g/mol. The molecule has 6 nitrogen and oxygen atoms in total. The largest absolute Gasteiger partial charge is 0.449 e. The molecule has 2 aromatic heterocycles. The predicted octanol–water partition coefficient (Wildman–Crippen LogP) is 3.29. The molecule has 0 unspecified atom stereocenters. The van der Waals surface area contributed by atoms with Gasteiger partial charge in [-0.1, -0.05) is 48.0 Å². The Balaban J connectivity index is 1.51. The number of aromatic nitrogens is 2. The van der Waals surface area contributed by atoms with E-state index < -0.39 is 12.1 Å². The molecule has 0 aliphatic heterocycles. The third-order valence-corrected chi connectivity index (χ3v) is 4.40. The van der Waals surface area contributed by atoms with E-state index in [-0.39, 0.29) is 11.1 Å². The number of rotatable bonds is 7. The Bertz CT molecular complexity index is 999. The van der Waals surface area contributed by atoms with Gasteiger partial charge in [-0.3, -0.25) is 9.20 Å². The first-order valence-electron chi connectivity index (χ1n) is 8.87. The van der Waals surface area contributed by atoms with E-state index in [0.717, 1.165) is 5.56 Å². The number of esters is 1. The van der Waals surface area contributed by atoms with Gasteiger partial charge in [0.05, 0.1) is 5.69 Å². The van der Waals surface area contributed by atoms with Crippen molar-refractivity contribution in [3.8, 4) is 0 Å². The van der Waals surface area contributed by atoms with Crippen molar-refractivity contribution in [2.45, 2.75) is 19.4 Å². The highest BCUT2D eigenvalue weighted by Gasteiger charge is 2.16. The number of imidazole rings is 1. The van der Waals surface area contributed by atoms with E-state index >= 15 is 0 Å². The first-order valence-corrected chi connectivity index (χ1v) is 9.25. The molecule has 144 valence electrons. The fraction of sp³-hybridized carbons (Fsp3) is 0.190. The number of benzene rings is 1. The van der Waals surface area contributed by atoms with Gasteiger partial charge in [-0.2, -0.15) is 0 Å². The van der Waals surface area contributed by atoms with Crippen molar-refractivity contribution in [2.24, 2.45) is 0 Å². The van der Waals surface area contributed by atoms with Crippen molar-refractivity contribution >= 4 is 35.2 Å². The number of ether oxygens (including phenoxy) is 1. The number of nitrogens with one attached hydrogen (secondary N) is 1. The third kappa shape index (κ3) is 4.98. The molecule has 0 bridgehead atoms. The van der Waals surface area contributed by atoms with Crippen molar-refractivity contribution in [3.05, 3.63) is 77.2 Å². The molecule has 1 N–H and O–H groups in total. The molecule has 0 aliphatic carbocycles. The maximum Gasteiger partial charge on any atom is 0.331 e. The van der Waals surface area contributed by atoms with Gasteiger partial charge in [0.2, 0.25) is 0 Å². The highest BCUT2D eigenvalue weighted by molar-refractivity contribution is 6.31. The molecule has 28 heavy (non-hydrogen) atoms. The van der Waals surface area contributed by atoms with Gasteiger partial charge in [0.1, 0.15) is 5.65 Å². The quantitative estimate of drug-likeness (QED) is 0.490. The number of nitrogens with zero attached hydrogens (tertiary/aromatic N) is 2. The summed E-state index contributed by atoms with van der Waals surface area (Å²) < 4.78 is 6.91. The first kappa shape index (κ1) is 19.6. The lowest BCUT2D eigenvalue weighted by atomic mass is 10.1. The molecule has 0 saturated heterocycles. The lowest BCUT2D eigenvalue weighted by molar-refractivity contribution is -0.150. The maximum atomic E-state index is 12.1. The summed E-state index contributed by atoms with van der Waals surface area (Å²) in [6.45, 7) is 2.00. The fourth-order valence-corrected chi connectivity index (χ4v) is 2.91. The maximum absolute atomic E-state index is 12.1. The van der Waals surface area contributed by atoms with Crippen molar-refractivity contribution in [1.29, 1.82) is 0 Å². The van der Waals surface area contributed by atoms with Crippen LogP contribution in [0.25, 0.3) is 11.7 Å². The van der Waals surface area contributed by atoms with Crippen molar-refractivity contribution in [1.82, 2.24) is 14.7 Å². The van der Waals surface area contributed by atoms with E-state index in [4.69, 9.17) is 16.3 Å². The molecule has 1 atom stereocenters. The first-order chi connectivity index (χ1) is 13.5. The zero-order valence-corrected chi connectivity index (χ0v) is 16.1. The molecule has 0 saturated carbocycles. The molecule has 0 fully saturated rings. The number of hydrogen-bond acceptors (Lipinski definition) is 4. The van der Waals surface area contributed by atoms with Gasteiger partial charge < -0.3 is 10.1 Å². The van der Waals surface area contributed by atoms with Crippen LogP contribution in [0.4, 0.5) is 0 Å². The highest BCUT2D eigenvalue weighted by atomic mass is 35.5. The Morgan fingerprint density at radius 2 is 1.96 bits per heavy atom. The summed E-state index contributed by atoms with van der Waals surface area (Å²) >= 11 is 6.12. The molecule has 3 aromatic rings. The molecule has 0 spiro atoms. The Kier molecular flexibility index (Phi) is 6.45. The van der Waals surface area contributed by atoms with Gasteiger partial charge in [-0.25, -0.2) is 9.78 Å². The Hall–Kier alpha value is -3.12. The van der Waals surface area contributed by atoms with Gasteiger partial charge >= 0.3 is 5.97 Å². The summed E-state index contributed by atoms with van der Waals surface area (Å²) in [6.07, 6.45) is 4.36. The molecule has 2 heterocycles. The average Bonchev–Trinajstić information content (AvgIpc) is 3.02. The summed E-state index contributed by atoms with van der Waals surface area (Å²) in [4.78, 5) is 28.3. The van der Waals surface area contributed by atoms with Gasteiger partial charge in [0.25, 0.3) is 5.91 Å². The minimum Gasteiger partial charge on any atom is -0.449 e. The van der Waals surface area contributed by atoms with Crippen LogP contribution in [0, 0.1) is 0 Å². The second kappa shape index (κ2) is 9.19. The number of carbonyl (C=O) groups is 2. The summed E-state index contributed by atoms with van der Waals surface area (Å²) in [5, 5.41) is 3.04. The average molecular weight is 398 g/mol. The molecule has 3 rings (SSSR count). The van der Waals surface area contributed by atoms with E-state index in [1.54, 1.807) is 10.6 Å². The van der Waals surface area contributed by atoms with Crippen LogP contribution in [0.5, 0.6) is 0 Å². The molecular formula is C21H20ClN3O3. The van der Waals surface area contributed by atoms with Gasteiger partial charge in [0.15, 0.2) is 11.3 Å². The number of halogens is 1. The van der Waals surface area contributed by atoms with Crippen LogP contribution >= 0.6 is 11.6 Å². The van der Waals surface area contributed by atoms with Crippen molar-refractivity contribution in [2.75, 3.05) is 6.54 Å². The summed E-state index contributed by atoms with van der Waals surface area (Å²) in [7, 11) is 0. The molecule has 1 amide bonds. The monoisotopic (exact) mass is 397 g/mol. The van der Waals surface area contributed by atoms with Crippen LogP contribution in [0.3, 0.4) is 0 Å². The highest BCUT2D eigenvalue weighted by Crippen LogP contribution is 2.18. The lowest BCUT2D eigenvalue weighted by Gasteiger charge is -2.12. The van der Waals surface area contributed by atoms with Gasteiger partial charge in [0, 0.05) is 18.8 Å². The van der Waals surface area contributed by atoms with Gasteiger partial charge in [-0.05, 0) is 37.1 Å². The van der Waals surface area contributed by atoms with Crippen LogP contribution in [0.15, 0.2) is 60.8 Å². The lowest BCUT2D eigenvalue weighted by Crippen LogP contribution is -2.36. The summed E-state index contributed by atoms with van der Waals surface area (Å²) in [5.41, 5.74) is 2.36. The SMILES string of the molecule is C[C@@H](OC(=O)/C=C/c1c(Cl)nc2ccccn12)C(=O)NCCc1ccccc1. The minimum absolute atomic E-state index is 0.280. The van der Waals surface area contributed by atoms with E-state index in [1.807, 2.05) is 48.5 Å². The predicted molar refractivity (Wildman–Crippen MR) is 108 cm³/mol. The van der Waals surface area contributed by atoms with Crippen LogP contribution in [-0.2, 0) is 20.7 Å². The minimum atomic E-state index is -0.898. The molecule has 7 heteroatoms. The van der Waals surface area contributed by atoms with Crippen molar-refractivity contribution < 1.29 is 14.3 Å². The smallest absolute Gasteiger partial charge is 0.331 e. The Labute approximate surface area is 167 Å². The van der Waals surface area contributed by atoms with Crippen LogP contribution < -0.4 is 5.32 Å². The van der Waals surface area contributed by atoms with Crippen LogP contribution in [0.1, 0.15) is 18.2 Å². The van der Waals surface area contributed by atoms with Crippen LogP contribution in [0.2, 0.25) is 5.15 Å². The zero-order chi connectivity index (χ0) is 19.9. The number of carbonyl (C=O) groups excluding carboxylic acids is 2. The van der Waals surface area contributed by atoms with E-state index in [9.17, 15) is 9.59 Å². The normalized spacial score (nSPS) is 12.2. The fourth-order valence-electron chi connectivity index (χ4n) is 2.67. The third-order valence-electron chi connectivity index (χ3n) is 4.12. The topological polar surface area (TPSA) is 72.7 Å². The number of amides is 1. The number of pyridine rings is 1. The zero-order valence-electron chi connectivity index (χ0n) is 15.3. The molecule has 1 aromatic carbocycles. The summed E-state index contributed by atoms with van der Waals surface area (Å²) in [6, 6.07) is 15.3. The molecule has 0 radical (unpaired) electrons. The van der Waals surface area contributed by atoms with Gasteiger partial charge in [-0.15, -0.1) is 0 Å². The second-order valence-corrected chi connectivity index (χ2v) is 6.51. The second-order valence-electron chi connectivity index (χ2n) is 6.16. The summed E-state index contributed by atoms with van der Waals surface area (Å²) in [5.74, 6) is -0.974. The standard InChI is InChI=1S/C21H20ClN3O3/c1-15(21(27)23-13-12-16-7-3-2-4-8-16)28-19(26)11-10-17-20(22)24-18-9-5-6-14-25(17)18/h2-11,14-15H,12-13H2,1H3,(H,23,27)/b11-10+/t15-/m1/s1. The Morgan fingerprint density at radius 3 is 2.75 bits per heavy atom.